The minimum atomic E-state index is -1.21. The number of fused-ring (bicyclic) bond motifs is 5. The highest BCUT2D eigenvalue weighted by Gasteiger charge is 2.67. The summed E-state index contributed by atoms with van der Waals surface area (Å²) in [4.78, 5) is 37.9. The lowest BCUT2D eigenvalue weighted by atomic mass is 9.43. The first-order chi connectivity index (χ1) is 17.2. The minimum absolute atomic E-state index is 0.0159. The number of primary amides is 1. The van der Waals surface area contributed by atoms with Crippen molar-refractivity contribution in [2.45, 2.75) is 96.9 Å². The predicted molar refractivity (Wildman–Crippen MR) is 134 cm³/mol. The predicted octanol–water partition coefficient (Wildman–Crippen LogP) is 2.97. The summed E-state index contributed by atoms with van der Waals surface area (Å²) in [5.74, 6) is -1.48. The van der Waals surface area contributed by atoms with Crippen molar-refractivity contribution in [3.05, 3.63) is 22.8 Å². The Hall–Kier alpha value is -2.81. The monoisotopic (exact) mass is 514 g/mol. The highest BCUT2D eigenvalue weighted by molar-refractivity contribution is 6.02. The van der Waals surface area contributed by atoms with Crippen molar-refractivity contribution >= 4 is 17.8 Å². The van der Waals surface area contributed by atoms with Gasteiger partial charge < -0.3 is 30.7 Å². The van der Waals surface area contributed by atoms with Gasteiger partial charge in [0.15, 0.2) is 0 Å². The molecule has 37 heavy (non-hydrogen) atoms. The van der Waals surface area contributed by atoms with E-state index in [9.17, 15) is 29.7 Å². The molecular formula is C28H38N2O7. The molecule has 0 aromatic heterocycles. The van der Waals surface area contributed by atoms with Crippen molar-refractivity contribution in [1.29, 1.82) is 0 Å². The van der Waals surface area contributed by atoms with Crippen LogP contribution in [0.2, 0.25) is 0 Å². The van der Waals surface area contributed by atoms with E-state index >= 15 is 0 Å². The van der Waals surface area contributed by atoms with Crippen molar-refractivity contribution in [2.75, 3.05) is 0 Å². The molecule has 1 aromatic carbocycles. The SMILES string of the molecule is C[C@@H]1CC[C@H]2C(C)(C)[C@H](O)CC[C@]2(C)[C@]12Cc1c(O)cc3c(c1O2)CN([C@@H](CCC(N)=O)C(=O)O)C3=O. The number of amides is 2. The van der Waals surface area contributed by atoms with E-state index in [1.165, 1.54) is 11.0 Å². The summed E-state index contributed by atoms with van der Waals surface area (Å²) in [6.07, 6.45) is 3.24. The first-order valence-electron chi connectivity index (χ1n) is 13.3. The fourth-order valence-corrected chi connectivity index (χ4v) is 8.23. The van der Waals surface area contributed by atoms with Gasteiger partial charge in [-0.15, -0.1) is 0 Å². The molecule has 1 spiro atoms. The lowest BCUT2D eigenvalue weighted by molar-refractivity contribution is -0.210. The number of hydrogen-bond donors (Lipinski definition) is 4. The highest BCUT2D eigenvalue weighted by Crippen LogP contribution is 2.67. The van der Waals surface area contributed by atoms with E-state index in [0.29, 0.717) is 29.7 Å². The zero-order valence-corrected chi connectivity index (χ0v) is 22.0. The fourth-order valence-electron chi connectivity index (χ4n) is 8.23. The molecule has 2 aliphatic heterocycles. The quantitative estimate of drug-likeness (QED) is 0.472. The van der Waals surface area contributed by atoms with E-state index in [1.807, 2.05) is 0 Å². The van der Waals surface area contributed by atoms with Crippen molar-refractivity contribution in [3.8, 4) is 11.5 Å². The van der Waals surface area contributed by atoms with Gasteiger partial charge in [-0.3, -0.25) is 9.59 Å². The van der Waals surface area contributed by atoms with Gasteiger partial charge >= 0.3 is 5.97 Å². The second-order valence-electron chi connectivity index (χ2n) is 12.5. The average molecular weight is 515 g/mol. The fraction of sp³-hybridized carbons (Fsp3) is 0.679. The van der Waals surface area contributed by atoms with Gasteiger partial charge in [0.2, 0.25) is 5.91 Å². The van der Waals surface area contributed by atoms with E-state index in [4.69, 9.17) is 10.5 Å². The third-order valence-electron chi connectivity index (χ3n) is 10.4. The number of aliphatic carboxylic acids is 1. The van der Waals surface area contributed by atoms with Gasteiger partial charge in [-0.2, -0.15) is 0 Å². The molecule has 9 heteroatoms. The topological polar surface area (TPSA) is 150 Å². The number of carbonyl (C=O) groups is 3. The van der Waals surface area contributed by atoms with Gasteiger partial charge in [0.1, 0.15) is 23.1 Å². The number of carboxylic acids is 1. The summed E-state index contributed by atoms with van der Waals surface area (Å²) in [6, 6.07) is 0.227. The second-order valence-corrected chi connectivity index (χ2v) is 12.5. The third-order valence-corrected chi connectivity index (χ3v) is 10.4. The van der Waals surface area contributed by atoms with Crippen LogP contribution in [0.3, 0.4) is 0 Å². The number of ether oxygens (including phenoxy) is 1. The Morgan fingerprint density at radius 2 is 1.92 bits per heavy atom. The molecule has 5 rings (SSSR count). The Balaban J connectivity index is 1.55. The lowest BCUT2D eigenvalue weighted by Crippen LogP contribution is -2.66. The van der Waals surface area contributed by atoms with Crippen molar-refractivity contribution < 1.29 is 34.4 Å². The Labute approximate surface area is 217 Å². The smallest absolute Gasteiger partial charge is 0.326 e. The van der Waals surface area contributed by atoms with Gasteiger partial charge in [-0.25, -0.2) is 4.79 Å². The van der Waals surface area contributed by atoms with E-state index in [-0.39, 0.29) is 53.4 Å². The van der Waals surface area contributed by atoms with Crippen molar-refractivity contribution in [3.63, 3.8) is 0 Å². The number of carboxylic acid groups (broad SMARTS) is 1. The van der Waals surface area contributed by atoms with E-state index < -0.39 is 35.5 Å². The number of carbonyl (C=O) groups excluding carboxylic acids is 2. The minimum Gasteiger partial charge on any atom is -0.508 e. The van der Waals surface area contributed by atoms with Crippen LogP contribution >= 0.6 is 0 Å². The van der Waals surface area contributed by atoms with Gasteiger partial charge in [0.05, 0.1) is 18.2 Å². The van der Waals surface area contributed by atoms with Gasteiger partial charge in [0.25, 0.3) is 5.91 Å². The average Bonchev–Trinajstić information content (AvgIpc) is 3.36. The summed E-state index contributed by atoms with van der Waals surface area (Å²) in [6.45, 7) is 8.74. The van der Waals surface area contributed by atoms with Crippen LogP contribution in [0.1, 0.15) is 87.7 Å². The lowest BCUT2D eigenvalue weighted by Gasteiger charge is -2.64. The van der Waals surface area contributed by atoms with Crippen LogP contribution in [-0.4, -0.2) is 55.8 Å². The van der Waals surface area contributed by atoms with E-state index in [2.05, 4.69) is 27.7 Å². The summed E-state index contributed by atoms with van der Waals surface area (Å²) in [5, 5.41) is 31.8. The molecule has 2 aliphatic carbocycles. The number of phenols is 1. The number of rotatable bonds is 5. The normalized spacial score (nSPS) is 34.5. The number of phenolic OH excluding ortho intramolecular Hbond substituents is 1. The van der Waals surface area contributed by atoms with Crippen LogP contribution < -0.4 is 10.5 Å². The second kappa shape index (κ2) is 8.35. The Kier molecular flexibility index (Phi) is 5.83. The molecule has 9 nitrogen and oxygen atoms in total. The van der Waals surface area contributed by atoms with E-state index in [0.717, 1.165) is 19.3 Å². The first-order valence-corrected chi connectivity index (χ1v) is 13.3. The maximum atomic E-state index is 13.3. The number of aromatic hydroxyl groups is 1. The maximum absolute atomic E-state index is 13.3. The van der Waals surface area contributed by atoms with E-state index in [1.54, 1.807) is 0 Å². The molecule has 2 saturated carbocycles. The summed E-state index contributed by atoms with van der Waals surface area (Å²) >= 11 is 0. The van der Waals surface area contributed by atoms with Crippen LogP contribution in [0.25, 0.3) is 0 Å². The highest BCUT2D eigenvalue weighted by atomic mass is 16.5. The number of aliphatic hydroxyl groups is 1. The molecule has 0 bridgehead atoms. The van der Waals surface area contributed by atoms with Crippen LogP contribution in [-0.2, 0) is 22.6 Å². The number of hydrogen-bond acceptors (Lipinski definition) is 6. The molecule has 202 valence electrons. The molecule has 0 unspecified atom stereocenters. The Morgan fingerprint density at radius 1 is 1.22 bits per heavy atom. The van der Waals surface area contributed by atoms with Crippen LogP contribution in [0.5, 0.6) is 11.5 Å². The molecule has 2 fully saturated rings. The maximum Gasteiger partial charge on any atom is 0.326 e. The molecule has 0 radical (unpaired) electrons. The number of nitrogens with two attached hydrogens (primary N) is 1. The molecule has 1 aromatic rings. The molecule has 2 amide bonds. The zero-order valence-electron chi connectivity index (χ0n) is 22.0. The van der Waals surface area contributed by atoms with Crippen LogP contribution in [0, 0.1) is 22.7 Å². The van der Waals surface area contributed by atoms with Crippen LogP contribution in [0.4, 0.5) is 0 Å². The molecule has 0 saturated heterocycles. The summed E-state index contributed by atoms with van der Waals surface area (Å²) < 4.78 is 6.97. The van der Waals surface area contributed by atoms with Crippen molar-refractivity contribution in [1.82, 2.24) is 4.90 Å². The van der Waals surface area contributed by atoms with Gasteiger partial charge in [-0.1, -0.05) is 27.7 Å². The summed E-state index contributed by atoms with van der Waals surface area (Å²) in [7, 11) is 0. The first kappa shape index (κ1) is 25.8. The van der Waals surface area contributed by atoms with Crippen molar-refractivity contribution in [2.24, 2.45) is 28.4 Å². The molecule has 2 heterocycles. The zero-order chi connectivity index (χ0) is 27.1. The number of benzene rings is 1. The number of aliphatic hydroxyl groups excluding tert-OH is 1. The Bertz CT molecular complexity index is 1180. The van der Waals surface area contributed by atoms with Crippen LogP contribution in [0.15, 0.2) is 6.07 Å². The third kappa shape index (κ3) is 3.49. The molecule has 6 atom stereocenters. The largest absolute Gasteiger partial charge is 0.508 e. The molecular weight excluding hydrogens is 476 g/mol. The molecule has 4 aliphatic rings. The Morgan fingerprint density at radius 3 is 2.57 bits per heavy atom. The molecule has 5 N–H and O–H groups in total. The summed E-state index contributed by atoms with van der Waals surface area (Å²) in [5.41, 5.74) is 5.56. The van der Waals surface area contributed by atoms with Gasteiger partial charge in [0, 0.05) is 29.4 Å². The van der Waals surface area contributed by atoms with Gasteiger partial charge in [-0.05, 0) is 55.4 Å². The number of nitrogens with zero attached hydrogens (tertiary/aromatic N) is 1. The standard InChI is InChI=1S/C28H38N2O7/c1-14-5-7-20-26(2,3)21(32)9-10-27(20,4)28(14)12-16-19(31)11-15-17(23(16)37-28)13-30(24(15)34)18(25(35)36)6-8-22(29)33/h11,14,18,20-21,31-32H,5-10,12-13H2,1-4H3,(H2,29,33)(H,35,36)/t14-,18+,20+,21-,27+,28+/m1/s1.